The van der Waals surface area contributed by atoms with Crippen LogP contribution in [0, 0.1) is 17.3 Å². The molecule has 0 aromatic carbocycles. The average Bonchev–Trinajstić information content (AvgIpc) is 2.89. The van der Waals surface area contributed by atoms with Crippen molar-refractivity contribution in [1.82, 2.24) is 10.2 Å². The first kappa shape index (κ1) is 16.0. The number of carbonyl (C=O) groups is 2. The summed E-state index contributed by atoms with van der Waals surface area (Å²) in [5.41, 5.74) is -0.426. The molecule has 0 aromatic rings. The van der Waals surface area contributed by atoms with Crippen LogP contribution in [0.4, 0.5) is 0 Å². The van der Waals surface area contributed by atoms with Crippen LogP contribution < -0.4 is 5.32 Å². The number of carbonyl (C=O) groups excluding carboxylic acids is 1. The van der Waals surface area contributed by atoms with Crippen LogP contribution in [0.3, 0.4) is 0 Å². The van der Waals surface area contributed by atoms with Gasteiger partial charge in [0.2, 0.25) is 5.91 Å². The van der Waals surface area contributed by atoms with Gasteiger partial charge < -0.3 is 15.3 Å². The summed E-state index contributed by atoms with van der Waals surface area (Å²) >= 11 is 0. The minimum absolute atomic E-state index is 0.0400. The number of amides is 1. The molecule has 3 unspecified atom stereocenters. The van der Waals surface area contributed by atoms with Crippen LogP contribution in [0.5, 0.6) is 0 Å². The van der Waals surface area contributed by atoms with E-state index in [0.717, 1.165) is 19.6 Å². The predicted octanol–water partition coefficient (Wildman–Crippen LogP) is 1.19. The monoisotopic (exact) mass is 270 g/mol. The van der Waals surface area contributed by atoms with E-state index >= 15 is 0 Å². The van der Waals surface area contributed by atoms with Gasteiger partial charge in [0, 0.05) is 12.6 Å². The van der Waals surface area contributed by atoms with E-state index in [4.69, 9.17) is 5.11 Å². The second-order valence-electron chi connectivity index (χ2n) is 6.01. The summed E-state index contributed by atoms with van der Waals surface area (Å²) in [6.45, 7) is 12.5. The first-order valence-corrected chi connectivity index (χ1v) is 7.01. The molecule has 19 heavy (non-hydrogen) atoms. The zero-order valence-corrected chi connectivity index (χ0v) is 12.6. The van der Waals surface area contributed by atoms with Crippen molar-refractivity contribution in [2.24, 2.45) is 17.3 Å². The first-order chi connectivity index (χ1) is 8.75. The normalized spacial score (nSPS) is 26.0. The highest BCUT2D eigenvalue weighted by atomic mass is 16.4. The summed E-state index contributed by atoms with van der Waals surface area (Å²) in [4.78, 5) is 25.4. The van der Waals surface area contributed by atoms with E-state index in [-0.39, 0.29) is 11.9 Å². The Labute approximate surface area is 115 Å². The van der Waals surface area contributed by atoms with E-state index < -0.39 is 23.2 Å². The van der Waals surface area contributed by atoms with Crippen LogP contribution in [-0.4, -0.2) is 47.6 Å². The Morgan fingerprint density at radius 1 is 1.26 bits per heavy atom. The van der Waals surface area contributed by atoms with E-state index in [2.05, 4.69) is 24.1 Å². The van der Waals surface area contributed by atoms with Crippen LogP contribution in [0.15, 0.2) is 0 Å². The Kier molecular flexibility index (Phi) is 4.96. The average molecular weight is 270 g/mol. The Balaban J connectivity index is 2.50. The van der Waals surface area contributed by atoms with E-state index in [1.807, 2.05) is 20.8 Å². The summed E-state index contributed by atoms with van der Waals surface area (Å²) < 4.78 is 0. The number of rotatable bonds is 7. The second-order valence-corrected chi connectivity index (χ2v) is 6.01. The molecule has 1 fully saturated rings. The summed E-state index contributed by atoms with van der Waals surface area (Å²) in [5, 5.41) is 12.0. The fourth-order valence-electron chi connectivity index (χ4n) is 2.84. The van der Waals surface area contributed by atoms with Gasteiger partial charge in [-0.3, -0.25) is 9.59 Å². The van der Waals surface area contributed by atoms with E-state index in [0.29, 0.717) is 0 Å². The number of carboxylic acid groups (broad SMARTS) is 1. The van der Waals surface area contributed by atoms with Crippen LogP contribution >= 0.6 is 0 Å². The van der Waals surface area contributed by atoms with Crippen molar-refractivity contribution < 1.29 is 14.7 Å². The highest BCUT2D eigenvalue weighted by Gasteiger charge is 2.65. The molecule has 0 radical (unpaired) electrons. The van der Waals surface area contributed by atoms with Crippen LogP contribution in [0.2, 0.25) is 0 Å². The van der Waals surface area contributed by atoms with Gasteiger partial charge in [-0.15, -0.1) is 0 Å². The fraction of sp³-hybridized carbons (Fsp3) is 0.857. The molecule has 0 aliphatic heterocycles. The zero-order valence-electron chi connectivity index (χ0n) is 12.6. The number of likely N-dealkylation sites (N-methyl/N-ethyl adjacent to an activating group) is 1. The van der Waals surface area contributed by atoms with Crippen LogP contribution in [0.1, 0.15) is 34.6 Å². The Hall–Kier alpha value is -1.10. The molecule has 1 saturated carbocycles. The second kappa shape index (κ2) is 5.90. The largest absolute Gasteiger partial charge is 0.481 e. The Morgan fingerprint density at radius 3 is 2.16 bits per heavy atom. The number of aliphatic carboxylic acids is 1. The predicted molar refractivity (Wildman–Crippen MR) is 73.8 cm³/mol. The molecule has 0 aromatic heterocycles. The van der Waals surface area contributed by atoms with Crippen molar-refractivity contribution >= 4 is 11.9 Å². The Bertz CT molecular complexity index is 351. The summed E-state index contributed by atoms with van der Waals surface area (Å²) in [7, 11) is 0. The van der Waals surface area contributed by atoms with Gasteiger partial charge in [-0.2, -0.15) is 0 Å². The molecule has 3 atom stereocenters. The fourth-order valence-corrected chi connectivity index (χ4v) is 2.84. The number of nitrogens with zero attached hydrogens (tertiary/aromatic N) is 1. The smallest absolute Gasteiger partial charge is 0.307 e. The quantitative estimate of drug-likeness (QED) is 0.729. The zero-order chi connectivity index (χ0) is 14.8. The first-order valence-electron chi connectivity index (χ1n) is 7.01. The number of hydrogen-bond acceptors (Lipinski definition) is 3. The molecule has 1 amide bonds. The molecule has 1 aliphatic rings. The lowest BCUT2D eigenvalue weighted by Gasteiger charge is -2.23. The van der Waals surface area contributed by atoms with Crippen molar-refractivity contribution in [2.75, 3.05) is 19.6 Å². The van der Waals surface area contributed by atoms with E-state index in [1.165, 1.54) is 0 Å². The lowest BCUT2D eigenvalue weighted by Crippen LogP contribution is -2.43. The molecule has 0 bridgehead atoms. The highest BCUT2D eigenvalue weighted by molar-refractivity contribution is 5.91. The minimum Gasteiger partial charge on any atom is -0.481 e. The molecule has 0 spiro atoms. The lowest BCUT2D eigenvalue weighted by atomic mass is 10.1. The third kappa shape index (κ3) is 3.47. The lowest BCUT2D eigenvalue weighted by molar-refractivity contribution is -0.140. The summed E-state index contributed by atoms with van der Waals surface area (Å²) in [5.74, 6) is -1.95. The van der Waals surface area contributed by atoms with Crippen molar-refractivity contribution in [3.05, 3.63) is 0 Å². The van der Waals surface area contributed by atoms with Gasteiger partial charge >= 0.3 is 5.97 Å². The number of nitrogens with one attached hydrogen (secondary N) is 1. The Morgan fingerprint density at radius 2 is 1.79 bits per heavy atom. The standard InChI is InChI=1S/C14H26N2O3/c1-6-16(7-2)8-9(3)15-12(17)10-11(13(18)19)14(10,4)5/h9-11H,6-8H2,1-5H3,(H,15,17)(H,18,19). The molecule has 0 saturated heterocycles. The molecule has 5 heteroatoms. The molecular formula is C14H26N2O3. The molecular weight excluding hydrogens is 244 g/mol. The third-order valence-electron chi connectivity index (χ3n) is 4.19. The maximum atomic E-state index is 12.1. The maximum absolute atomic E-state index is 12.1. The number of hydrogen-bond donors (Lipinski definition) is 2. The van der Waals surface area contributed by atoms with Crippen molar-refractivity contribution in [3.63, 3.8) is 0 Å². The molecule has 2 N–H and O–H groups in total. The van der Waals surface area contributed by atoms with Gasteiger partial charge in [-0.25, -0.2) is 0 Å². The van der Waals surface area contributed by atoms with Crippen LogP contribution in [0.25, 0.3) is 0 Å². The molecule has 0 heterocycles. The minimum atomic E-state index is -0.874. The van der Waals surface area contributed by atoms with Crippen LogP contribution in [-0.2, 0) is 9.59 Å². The van der Waals surface area contributed by atoms with Gasteiger partial charge in [0.25, 0.3) is 0 Å². The summed E-state index contributed by atoms with van der Waals surface area (Å²) in [6.07, 6.45) is 0. The highest BCUT2D eigenvalue weighted by Crippen LogP contribution is 2.58. The molecule has 1 rings (SSSR count). The topological polar surface area (TPSA) is 69.6 Å². The number of carboxylic acids is 1. The van der Waals surface area contributed by atoms with Gasteiger partial charge in [-0.1, -0.05) is 27.7 Å². The third-order valence-corrected chi connectivity index (χ3v) is 4.19. The summed E-state index contributed by atoms with van der Waals surface area (Å²) in [6, 6.07) is 0.0400. The SMILES string of the molecule is CCN(CC)CC(C)NC(=O)C1C(C(=O)O)C1(C)C. The van der Waals surface area contributed by atoms with Crippen molar-refractivity contribution in [3.8, 4) is 0 Å². The molecule has 110 valence electrons. The molecule has 5 nitrogen and oxygen atoms in total. The van der Waals surface area contributed by atoms with Gasteiger partial charge in [0.15, 0.2) is 0 Å². The van der Waals surface area contributed by atoms with Gasteiger partial charge in [0.05, 0.1) is 11.8 Å². The van der Waals surface area contributed by atoms with E-state index in [9.17, 15) is 9.59 Å². The van der Waals surface area contributed by atoms with E-state index in [1.54, 1.807) is 0 Å². The van der Waals surface area contributed by atoms with Gasteiger partial charge in [-0.05, 0) is 25.4 Å². The maximum Gasteiger partial charge on any atom is 0.307 e. The van der Waals surface area contributed by atoms with Crippen molar-refractivity contribution in [1.29, 1.82) is 0 Å². The van der Waals surface area contributed by atoms with Gasteiger partial charge in [0.1, 0.15) is 0 Å². The molecule has 1 aliphatic carbocycles. The van der Waals surface area contributed by atoms with Crippen molar-refractivity contribution in [2.45, 2.75) is 40.7 Å².